The first-order valence-electron chi connectivity index (χ1n) is 5.13. The van der Waals surface area contributed by atoms with E-state index in [1.54, 1.807) is 6.07 Å². The van der Waals surface area contributed by atoms with Crippen molar-refractivity contribution in [2.45, 2.75) is 6.54 Å². The molecule has 1 aromatic heterocycles. The second-order valence-electron chi connectivity index (χ2n) is 3.66. The third kappa shape index (κ3) is 2.40. The van der Waals surface area contributed by atoms with Crippen molar-refractivity contribution in [1.29, 1.82) is 0 Å². The van der Waals surface area contributed by atoms with Crippen molar-refractivity contribution in [3.8, 4) is 11.5 Å². The lowest BCUT2D eigenvalue weighted by molar-refractivity contribution is -0.385. The van der Waals surface area contributed by atoms with Gasteiger partial charge in [0.15, 0.2) is 11.5 Å². The first-order valence-corrected chi connectivity index (χ1v) is 5.13. The fourth-order valence-corrected chi connectivity index (χ4v) is 1.60. The summed E-state index contributed by atoms with van der Waals surface area (Å²) in [5.41, 5.74) is 0.608. The van der Waals surface area contributed by atoms with Crippen LogP contribution in [0.25, 0.3) is 0 Å². The summed E-state index contributed by atoms with van der Waals surface area (Å²) in [6.45, 7) is 0.339. The van der Waals surface area contributed by atoms with Gasteiger partial charge in [0.1, 0.15) is 0 Å². The van der Waals surface area contributed by atoms with E-state index in [1.807, 2.05) is 0 Å². The van der Waals surface area contributed by atoms with Crippen LogP contribution in [0.4, 0.5) is 5.69 Å². The third-order valence-corrected chi connectivity index (χ3v) is 2.40. The van der Waals surface area contributed by atoms with Gasteiger partial charge in [0.05, 0.1) is 31.0 Å². The van der Waals surface area contributed by atoms with Crippen molar-refractivity contribution in [3.63, 3.8) is 0 Å². The molecule has 2 aromatic rings. The second-order valence-corrected chi connectivity index (χ2v) is 3.66. The molecule has 18 heavy (non-hydrogen) atoms. The van der Waals surface area contributed by atoms with E-state index in [0.29, 0.717) is 12.1 Å². The lowest BCUT2D eigenvalue weighted by atomic mass is 10.2. The first-order chi connectivity index (χ1) is 8.60. The van der Waals surface area contributed by atoms with E-state index in [0.717, 1.165) is 0 Å². The molecular formula is C11H11N3O4. The number of rotatable bonds is 4. The van der Waals surface area contributed by atoms with E-state index < -0.39 is 4.92 Å². The molecule has 1 aromatic carbocycles. The number of nitro groups is 1. The molecule has 0 aliphatic carbocycles. The van der Waals surface area contributed by atoms with Gasteiger partial charge in [0, 0.05) is 6.07 Å². The molecule has 0 saturated carbocycles. The number of methoxy groups -OCH3 is 1. The molecule has 0 unspecified atom stereocenters. The predicted octanol–water partition coefficient (Wildman–Crippen LogP) is 1.55. The maximum absolute atomic E-state index is 10.9. The molecule has 94 valence electrons. The van der Waals surface area contributed by atoms with E-state index in [2.05, 4.69) is 5.10 Å². The molecule has 0 atom stereocenters. The Balaban J connectivity index is 2.29. The molecule has 0 radical (unpaired) electrons. The highest BCUT2D eigenvalue weighted by molar-refractivity contribution is 5.48. The minimum Gasteiger partial charge on any atom is -0.505 e. The molecule has 1 heterocycles. The molecule has 7 nitrogen and oxygen atoms in total. The Hall–Kier alpha value is -2.57. The third-order valence-electron chi connectivity index (χ3n) is 2.40. The number of nitro benzene ring substituents is 1. The quantitative estimate of drug-likeness (QED) is 0.655. The highest BCUT2D eigenvalue weighted by atomic mass is 16.6. The summed E-state index contributed by atoms with van der Waals surface area (Å²) in [5.74, 6) is 0.269. The van der Waals surface area contributed by atoms with Crippen LogP contribution in [0.3, 0.4) is 0 Å². The molecule has 0 bridgehead atoms. The molecule has 0 amide bonds. The largest absolute Gasteiger partial charge is 0.505 e. The van der Waals surface area contributed by atoms with Crippen molar-refractivity contribution in [3.05, 3.63) is 46.3 Å². The van der Waals surface area contributed by atoms with Crippen LogP contribution in [-0.2, 0) is 6.54 Å². The van der Waals surface area contributed by atoms with Gasteiger partial charge in [-0.1, -0.05) is 6.07 Å². The van der Waals surface area contributed by atoms with E-state index in [-0.39, 0.29) is 17.2 Å². The van der Waals surface area contributed by atoms with Crippen LogP contribution in [0.2, 0.25) is 0 Å². The lowest BCUT2D eigenvalue weighted by Gasteiger charge is -2.05. The predicted molar refractivity (Wildman–Crippen MR) is 62.6 cm³/mol. The summed E-state index contributed by atoms with van der Waals surface area (Å²) in [6, 6.07) is 4.68. The second kappa shape index (κ2) is 4.74. The maximum Gasteiger partial charge on any atom is 0.311 e. The molecular weight excluding hydrogens is 238 g/mol. The summed E-state index contributed by atoms with van der Waals surface area (Å²) in [5, 5.41) is 23.9. The van der Waals surface area contributed by atoms with E-state index in [9.17, 15) is 10.1 Å². The van der Waals surface area contributed by atoms with Crippen LogP contribution in [-0.4, -0.2) is 26.9 Å². The minimum atomic E-state index is -0.497. The number of nitrogens with zero attached hydrogens (tertiary/aromatic N) is 3. The highest BCUT2D eigenvalue weighted by Gasteiger charge is 2.15. The van der Waals surface area contributed by atoms with Crippen LogP contribution < -0.4 is 4.74 Å². The lowest BCUT2D eigenvalue weighted by Crippen LogP contribution is -2.01. The highest BCUT2D eigenvalue weighted by Crippen LogP contribution is 2.27. The van der Waals surface area contributed by atoms with Gasteiger partial charge < -0.3 is 9.84 Å². The van der Waals surface area contributed by atoms with Gasteiger partial charge in [-0.05, 0) is 11.6 Å². The van der Waals surface area contributed by atoms with Crippen LogP contribution in [0.1, 0.15) is 5.56 Å². The summed E-state index contributed by atoms with van der Waals surface area (Å²) in [7, 11) is 1.38. The van der Waals surface area contributed by atoms with Crippen LogP contribution >= 0.6 is 0 Å². The molecule has 0 fully saturated rings. The zero-order valence-electron chi connectivity index (χ0n) is 9.61. The Labute approximate surface area is 102 Å². The van der Waals surface area contributed by atoms with Gasteiger partial charge in [-0.3, -0.25) is 14.8 Å². The molecule has 1 N–H and O–H groups in total. The van der Waals surface area contributed by atoms with E-state index in [1.165, 1.54) is 36.3 Å². The average molecular weight is 249 g/mol. The Morgan fingerprint density at radius 2 is 2.33 bits per heavy atom. The van der Waals surface area contributed by atoms with Crippen molar-refractivity contribution in [2.75, 3.05) is 7.11 Å². The number of hydrogen-bond acceptors (Lipinski definition) is 5. The standard InChI is InChI=1S/C11H11N3O4/c1-18-11-3-2-8(4-10(11)14(16)17)6-13-7-9(15)5-12-13/h2-5,7,15H,6H2,1H3. The smallest absolute Gasteiger partial charge is 0.311 e. The summed E-state index contributed by atoms with van der Waals surface area (Å²) < 4.78 is 6.40. The zero-order valence-corrected chi connectivity index (χ0v) is 9.61. The molecule has 7 heteroatoms. The molecule has 0 aliphatic heterocycles. The Bertz CT molecular complexity index is 579. The monoisotopic (exact) mass is 249 g/mol. The van der Waals surface area contributed by atoms with Crippen molar-refractivity contribution in [1.82, 2.24) is 9.78 Å². The first kappa shape index (κ1) is 11.9. The SMILES string of the molecule is COc1ccc(Cn2cc(O)cn2)cc1[N+](=O)[O-]. The minimum absolute atomic E-state index is 0.0537. The Morgan fingerprint density at radius 1 is 1.56 bits per heavy atom. The zero-order chi connectivity index (χ0) is 13.1. The number of ether oxygens (including phenoxy) is 1. The van der Waals surface area contributed by atoms with Crippen LogP contribution in [0.5, 0.6) is 11.5 Å². The van der Waals surface area contributed by atoms with Crippen molar-refractivity contribution >= 4 is 5.69 Å². The van der Waals surface area contributed by atoms with Gasteiger partial charge >= 0.3 is 5.69 Å². The fourth-order valence-electron chi connectivity index (χ4n) is 1.60. The maximum atomic E-state index is 10.9. The van der Waals surface area contributed by atoms with Crippen molar-refractivity contribution in [2.24, 2.45) is 0 Å². The number of aromatic hydroxyl groups is 1. The van der Waals surface area contributed by atoms with Gasteiger partial charge in [-0.25, -0.2) is 0 Å². The molecule has 0 saturated heterocycles. The topological polar surface area (TPSA) is 90.4 Å². The Kier molecular flexibility index (Phi) is 3.13. The summed E-state index contributed by atoms with van der Waals surface area (Å²) in [4.78, 5) is 10.4. The normalized spacial score (nSPS) is 10.3. The van der Waals surface area contributed by atoms with Crippen LogP contribution in [0, 0.1) is 10.1 Å². The van der Waals surface area contributed by atoms with Gasteiger partial charge in [0.2, 0.25) is 0 Å². The number of hydrogen-bond donors (Lipinski definition) is 1. The molecule has 2 rings (SSSR count). The van der Waals surface area contributed by atoms with Gasteiger partial charge in [-0.2, -0.15) is 5.10 Å². The molecule has 0 spiro atoms. The number of benzene rings is 1. The van der Waals surface area contributed by atoms with Gasteiger partial charge in [-0.15, -0.1) is 0 Å². The summed E-state index contributed by atoms with van der Waals surface area (Å²) in [6.07, 6.45) is 2.74. The number of aromatic nitrogens is 2. The van der Waals surface area contributed by atoms with Crippen LogP contribution in [0.15, 0.2) is 30.6 Å². The van der Waals surface area contributed by atoms with Gasteiger partial charge in [0.25, 0.3) is 0 Å². The fraction of sp³-hybridized carbons (Fsp3) is 0.182. The molecule has 0 aliphatic rings. The summed E-state index contributed by atoms with van der Waals surface area (Å²) >= 11 is 0. The van der Waals surface area contributed by atoms with E-state index in [4.69, 9.17) is 9.84 Å². The van der Waals surface area contributed by atoms with E-state index >= 15 is 0 Å². The van der Waals surface area contributed by atoms with Crippen molar-refractivity contribution < 1.29 is 14.8 Å². The Morgan fingerprint density at radius 3 is 2.89 bits per heavy atom. The average Bonchev–Trinajstić information content (AvgIpc) is 2.74.